The summed E-state index contributed by atoms with van der Waals surface area (Å²) in [6, 6.07) is 10.8. The minimum Gasteiger partial charge on any atom is -0.491 e. The molecular weight excluding hydrogens is 284 g/mol. The van der Waals surface area contributed by atoms with Gasteiger partial charge >= 0.3 is 0 Å². The van der Waals surface area contributed by atoms with Crippen molar-refractivity contribution < 1.29 is 18.9 Å². The minimum absolute atomic E-state index is 0.462. The summed E-state index contributed by atoms with van der Waals surface area (Å²) in [5.74, 6) is 2.56. The molecule has 6 nitrogen and oxygen atoms in total. The number of hydrogen-bond donors (Lipinski definition) is 1. The fourth-order valence-electron chi connectivity index (χ4n) is 1.65. The Labute approximate surface area is 129 Å². The molecule has 1 aromatic carbocycles. The highest BCUT2D eigenvalue weighted by Gasteiger charge is 1.99. The van der Waals surface area contributed by atoms with Crippen molar-refractivity contribution in [2.24, 2.45) is 0 Å². The Hall–Kier alpha value is -2.31. The number of benzene rings is 1. The smallest absolute Gasteiger partial charge is 0.145 e. The molecule has 2 N–H and O–H groups in total. The molecule has 0 fully saturated rings. The molecular formula is C16H20N2O4. The van der Waals surface area contributed by atoms with Gasteiger partial charge in [0.15, 0.2) is 0 Å². The van der Waals surface area contributed by atoms with Gasteiger partial charge in [-0.05, 0) is 36.4 Å². The van der Waals surface area contributed by atoms with Crippen LogP contribution in [0.5, 0.6) is 17.2 Å². The lowest BCUT2D eigenvalue weighted by molar-refractivity contribution is 0.0544. The summed E-state index contributed by atoms with van der Waals surface area (Å²) >= 11 is 0. The van der Waals surface area contributed by atoms with Crippen LogP contribution in [0.15, 0.2) is 42.6 Å². The van der Waals surface area contributed by atoms with Gasteiger partial charge in [0.2, 0.25) is 0 Å². The average molecular weight is 304 g/mol. The molecule has 1 heterocycles. The van der Waals surface area contributed by atoms with Crippen molar-refractivity contribution in [2.45, 2.75) is 0 Å². The lowest BCUT2D eigenvalue weighted by atomic mass is 10.3. The summed E-state index contributed by atoms with van der Waals surface area (Å²) in [5.41, 5.74) is 5.52. The van der Waals surface area contributed by atoms with Crippen LogP contribution >= 0.6 is 0 Å². The second-order valence-corrected chi connectivity index (χ2v) is 4.45. The van der Waals surface area contributed by atoms with E-state index in [4.69, 9.17) is 24.7 Å². The van der Waals surface area contributed by atoms with Crippen molar-refractivity contribution >= 4 is 5.82 Å². The average Bonchev–Trinajstić information content (AvgIpc) is 2.54. The molecule has 0 saturated carbocycles. The molecule has 0 aliphatic heterocycles. The summed E-state index contributed by atoms with van der Waals surface area (Å²) in [4.78, 5) is 3.97. The van der Waals surface area contributed by atoms with Crippen molar-refractivity contribution in [1.82, 2.24) is 4.98 Å². The number of hydrogen-bond acceptors (Lipinski definition) is 6. The number of methoxy groups -OCH3 is 1. The van der Waals surface area contributed by atoms with Crippen LogP contribution in [0.25, 0.3) is 0 Å². The first kappa shape index (κ1) is 16.1. The topological polar surface area (TPSA) is 75.8 Å². The van der Waals surface area contributed by atoms with E-state index in [-0.39, 0.29) is 0 Å². The molecule has 118 valence electrons. The van der Waals surface area contributed by atoms with Gasteiger partial charge in [-0.1, -0.05) is 0 Å². The first-order chi connectivity index (χ1) is 10.8. The third kappa shape index (κ3) is 5.59. The van der Waals surface area contributed by atoms with Crippen molar-refractivity contribution in [2.75, 3.05) is 39.3 Å². The molecule has 6 heteroatoms. The highest BCUT2D eigenvalue weighted by molar-refractivity contribution is 5.37. The Morgan fingerprint density at radius 2 is 1.55 bits per heavy atom. The Bertz CT molecular complexity index is 543. The van der Waals surface area contributed by atoms with E-state index in [9.17, 15) is 0 Å². The van der Waals surface area contributed by atoms with Gasteiger partial charge in [0.25, 0.3) is 0 Å². The molecule has 0 unspecified atom stereocenters. The standard InChI is InChI=1S/C16H20N2O4/c1-19-8-9-20-10-11-21-13-2-4-14(5-3-13)22-15-6-7-16(17)18-12-15/h2-7,12H,8-11H2,1H3,(H2,17,18). The van der Waals surface area contributed by atoms with E-state index in [1.54, 1.807) is 25.4 Å². The molecule has 0 atom stereocenters. The predicted molar refractivity (Wildman–Crippen MR) is 83.4 cm³/mol. The second-order valence-electron chi connectivity index (χ2n) is 4.45. The van der Waals surface area contributed by atoms with Crippen molar-refractivity contribution in [3.63, 3.8) is 0 Å². The minimum atomic E-state index is 0.462. The van der Waals surface area contributed by atoms with Crippen molar-refractivity contribution in [1.29, 1.82) is 0 Å². The fourth-order valence-corrected chi connectivity index (χ4v) is 1.65. The maximum atomic E-state index is 5.65. The third-order valence-corrected chi connectivity index (χ3v) is 2.75. The van der Waals surface area contributed by atoms with Crippen LogP contribution < -0.4 is 15.2 Å². The Kier molecular flexibility index (Phi) is 6.47. The zero-order valence-corrected chi connectivity index (χ0v) is 12.5. The number of rotatable bonds is 9. The molecule has 0 aliphatic rings. The third-order valence-electron chi connectivity index (χ3n) is 2.75. The summed E-state index contributed by atoms with van der Waals surface area (Å²) in [5, 5.41) is 0. The largest absolute Gasteiger partial charge is 0.491 e. The lowest BCUT2D eigenvalue weighted by Gasteiger charge is -2.09. The van der Waals surface area contributed by atoms with Gasteiger partial charge in [-0.25, -0.2) is 4.98 Å². The zero-order chi connectivity index (χ0) is 15.6. The van der Waals surface area contributed by atoms with E-state index >= 15 is 0 Å². The maximum Gasteiger partial charge on any atom is 0.145 e. The number of anilines is 1. The first-order valence-corrected chi connectivity index (χ1v) is 6.97. The summed E-state index contributed by atoms with van der Waals surface area (Å²) in [6.07, 6.45) is 1.58. The molecule has 2 rings (SSSR count). The summed E-state index contributed by atoms with van der Waals surface area (Å²) in [6.45, 7) is 2.18. The van der Waals surface area contributed by atoms with Gasteiger partial charge in [-0.15, -0.1) is 0 Å². The Morgan fingerprint density at radius 3 is 2.23 bits per heavy atom. The number of nitrogens with two attached hydrogens (primary N) is 1. The number of nitrogen functional groups attached to an aromatic ring is 1. The summed E-state index contributed by atoms with van der Waals surface area (Å²) in [7, 11) is 1.64. The van der Waals surface area contributed by atoms with Gasteiger partial charge < -0.3 is 24.7 Å². The van der Waals surface area contributed by atoms with E-state index in [0.29, 0.717) is 43.7 Å². The van der Waals surface area contributed by atoms with Crippen LogP contribution in [0.4, 0.5) is 5.82 Å². The van der Waals surface area contributed by atoms with Gasteiger partial charge in [0, 0.05) is 7.11 Å². The molecule has 0 saturated heterocycles. The highest BCUT2D eigenvalue weighted by atomic mass is 16.5. The predicted octanol–water partition coefficient (Wildman–Crippen LogP) is 2.50. The first-order valence-electron chi connectivity index (χ1n) is 6.97. The Morgan fingerprint density at radius 1 is 0.864 bits per heavy atom. The SMILES string of the molecule is COCCOCCOc1ccc(Oc2ccc(N)nc2)cc1. The number of aromatic nitrogens is 1. The number of nitrogens with zero attached hydrogens (tertiary/aromatic N) is 1. The zero-order valence-electron chi connectivity index (χ0n) is 12.5. The lowest BCUT2D eigenvalue weighted by Crippen LogP contribution is -2.09. The van der Waals surface area contributed by atoms with E-state index < -0.39 is 0 Å². The normalized spacial score (nSPS) is 10.4. The van der Waals surface area contributed by atoms with Gasteiger partial charge in [-0.2, -0.15) is 0 Å². The van der Waals surface area contributed by atoms with Crippen LogP contribution in [-0.2, 0) is 9.47 Å². The molecule has 0 radical (unpaired) electrons. The van der Waals surface area contributed by atoms with Crippen LogP contribution in [-0.4, -0.2) is 38.5 Å². The van der Waals surface area contributed by atoms with Gasteiger partial charge in [0.1, 0.15) is 29.7 Å². The van der Waals surface area contributed by atoms with Gasteiger partial charge in [0.05, 0.1) is 26.0 Å². The van der Waals surface area contributed by atoms with Crippen LogP contribution in [0.1, 0.15) is 0 Å². The fraction of sp³-hybridized carbons (Fsp3) is 0.312. The highest BCUT2D eigenvalue weighted by Crippen LogP contribution is 2.23. The molecule has 0 spiro atoms. The second kappa shape index (κ2) is 8.86. The van der Waals surface area contributed by atoms with E-state index in [1.807, 2.05) is 24.3 Å². The summed E-state index contributed by atoms with van der Waals surface area (Å²) < 4.78 is 21.4. The number of ether oxygens (including phenoxy) is 4. The monoisotopic (exact) mass is 304 g/mol. The number of pyridine rings is 1. The van der Waals surface area contributed by atoms with Crippen LogP contribution in [0, 0.1) is 0 Å². The van der Waals surface area contributed by atoms with Crippen LogP contribution in [0.2, 0.25) is 0 Å². The van der Waals surface area contributed by atoms with E-state index in [0.717, 1.165) is 5.75 Å². The van der Waals surface area contributed by atoms with Crippen LogP contribution in [0.3, 0.4) is 0 Å². The Balaban J connectivity index is 1.74. The maximum absolute atomic E-state index is 5.65. The van der Waals surface area contributed by atoms with E-state index in [2.05, 4.69) is 4.98 Å². The molecule has 2 aromatic rings. The molecule has 0 amide bonds. The molecule has 0 bridgehead atoms. The molecule has 0 aliphatic carbocycles. The quantitative estimate of drug-likeness (QED) is 0.717. The molecule has 1 aromatic heterocycles. The molecule has 22 heavy (non-hydrogen) atoms. The van der Waals surface area contributed by atoms with Crippen molar-refractivity contribution in [3.05, 3.63) is 42.6 Å². The van der Waals surface area contributed by atoms with Crippen molar-refractivity contribution in [3.8, 4) is 17.2 Å². The van der Waals surface area contributed by atoms with E-state index in [1.165, 1.54) is 0 Å². The van der Waals surface area contributed by atoms with Gasteiger partial charge in [-0.3, -0.25) is 0 Å².